The SMILES string of the molecule is Cc1cc(N)cc(S(=O)(=O)/N=C/N(C)C)c1. The third-order valence-corrected chi connectivity index (χ3v) is 2.99. The monoisotopic (exact) mass is 241 g/mol. The van der Waals surface area contributed by atoms with Crippen molar-refractivity contribution in [3.63, 3.8) is 0 Å². The van der Waals surface area contributed by atoms with Crippen LogP contribution in [0.4, 0.5) is 5.69 Å². The third-order valence-electron chi connectivity index (χ3n) is 1.79. The largest absolute Gasteiger partial charge is 0.399 e. The Bertz CT molecular complexity index is 487. The Morgan fingerprint density at radius 2 is 1.94 bits per heavy atom. The fourth-order valence-corrected chi connectivity index (χ4v) is 2.20. The summed E-state index contributed by atoms with van der Waals surface area (Å²) in [6, 6.07) is 4.64. The Hall–Kier alpha value is -1.56. The summed E-state index contributed by atoms with van der Waals surface area (Å²) in [4.78, 5) is 1.67. The maximum absolute atomic E-state index is 11.8. The van der Waals surface area contributed by atoms with Crippen molar-refractivity contribution in [2.45, 2.75) is 11.8 Å². The summed E-state index contributed by atoms with van der Waals surface area (Å²) >= 11 is 0. The Labute approximate surface area is 95.6 Å². The van der Waals surface area contributed by atoms with Crippen LogP contribution >= 0.6 is 0 Å². The molecule has 0 fully saturated rings. The Morgan fingerprint density at radius 3 is 2.44 bits per heavy atom. The van der Waals surface area contributed by atoms with Gasteiger partial charge in [-0.05, 0) is 30.7 Å². The van der Waals surface area contributed by atoms with Gasteiger partial charge in [-0.2, -0.15) is 8.42 Å². The van der Waals surface area contributed by atoms with E-state index in [0.717, 1.165) is 5.56 Å². The molecule has 0 aliphatic heterocycles. The normalized spacial score (nSPS) is 11.9. The molecule has 88 valence electrons. The van der Waals surface area contributed by atoms with Crippen molar-refractivity contribution in [2.24, 2.45) is 4.40 Å². The summed E-state index contributed by atoms with van der Waals surface area (Å²) in [5.74, 6) is 0. The number of sulfonamides is 1. The highest BCUT2D eigenvalue weighted by Crippen LogP contribution is 2.17. The van der Waals surface area contributed by atoms with Gasteiger partial charge in [-0.3, -0.25) is 0 Å². The minimum absolute atomic E-state index is 0.114. The van der Waals surface area contributed by atoms with Crippen molar-refractivity contribution in [1.29, 1.82) is 0 Å². The topological polar surface area (TPSA) is 75.8 Å². The molecule has 0 atom stereocenters. The zero-order chi connectivity index (χ0) is 12.3. The van der Waals surface area contributed by atoms with E-state index in [0.29, 0.717) is 5.69 Å². The quantitative estimate of drug-likeness (QED) is 0.483. The first kappa shape index (κ1) is 12.5. The molecule has 0 amide bonds. The molecule has 1 rings (SSSR count). The van der Waals surface area contributed by atoms with E-state index in [-0.39, 0.29) is 4.90 Å². The Kier molecular flexibility index (Phi) is 3.54. The molecule has 1 aromatic rings. The molecular weight excluding hydrogens is 226 g/mol. The molecule has 0 heterocycles. The lowest BCUT2D eigenvalue weighted by molar-refractivity contribution is 0.594. The van der Waals surface area contributed by atoms with Crippen LogP contribution in [0.15, 0.2) is 27.5 Å². The lowest BCUT2D eigenvalue weighted by atomic mass is 10.2. The number of hydrogen-bond acceptors (Lipinski definition) is 3. The average Bonchev–Trinajstić information content (AvgIpc) is 2.13. The molecule has 5 nitrogen and oxygen atoms in total. The van der Waals surface area contributed by atoms with Gasteiger partial charge in [0.2, 0.25) is 0 Å². The van der Waals surface area contributed by atoms with Crippen LogP contribution in [-0.4, -0.2) is 33.8 Å². The number of nitrogens with two attached hydrogens (primary N) is 1. The first-order valence-electron chi connectivity index (χ1n) is 4.65. The summed E-state index contributed by atoms with van der Waals surface area (Å²) in [5, 5.41) is 0. The van der Waals surface area contributed by atoms with Gasteiger partial charge in [0.25, 0.3) is 10.0 Å². The minimum atomic E-state index is -3.65. The molecular formula is C10H15N3O2S. The molecule has 16 heavy (non-hydrogen) atoms. The van der Waals surface area contributed by atoms with E-state index in [9.17, 15) is 8.42 Å². The lowest BCUT2D eigenvalue weighted by Crippen LogP contribution is -2.10. The van der Waals surface area contributed by atoms with E-state index in [1.807, 2.05) is 0 Å². The lowest BCUT2D eigenvalue weighted by Gasteiger charge is -2.05. The number of nitrogens with zero attached hydrogens (tertiary/aromatic N) is 2. The van der Waals surface area contributed by atoms with Crippen LogP contribution in [0.25, 0.3) is 0 Å². The molecule has 0 unspecified atom stereocenters. The van der Waals surface area contributed by atoms with Crippen LogP contribution in [0.3, 0.4) is 0 Å². The van der Waals surface area contributed by atoms with Crippen molar-refractivity contribution in [3.8, 4) is 0 Å². The van der Waals surface area contributed by atoms with Gasteiger partial charge in [0.1, 0.15) is 6.34 Å². The highest BCUT2D eigenvalue weighted by Gasteiger charge is 2.12. The number of aryl methyl sites for hydroxylation is 1. The second-order valence-corrected chi connectivity index (χ2v) is 5.37. The number of hydrogen-bond donors (Lipinski definition) is 1. The van der Waals surface area contributed by atoms with Gasteiger partial charge < -0.3 is 10.6 Å². The highest BCUT2D eigenvalue weighted by atomic mass is 32.2. The molecule has 0 radical (unpaired) electrons. The number of benzene rings is 1. The predicted octanol–water partition coefficient (Wildman–Crippen LogP) is 0.856. The molecule has 0 aromatic heterocycles. The number of anilines is 1. The maximum atomic E-state index is 11.8. The zero-order valence-electron chi connectivity index (χ0n) is 9.51. The predicted molar refractivity (Wildman–Crippen MR) is 65.0 cm³/mol. The summed E-state index contributed by atoms with van der Waals surface area (Å²) in [6.45, 7) is 1.78. The van der Waals surface area contributed by atoms with Crippen LogP contribution in [0.2, 0.25) is 0 Å². The number of nitrogen functional groups attached to an aromatic ring is 1. The standard InChI is InChI=1S/C10H15N3O2S/c1-8-4-9(11)6-10(5-8)16(14,15)12-7-13(2)3/h4-7H,11H2,1-3H3/b12-7+. The molecule has 0 saturated heterocycles. The maximum Gasteiger partial charge on any atom is 0.283 e. The second kappa shape index (κ2) is 4.52. The van der Waals surface area contributed by atoms with Gasteiger partial charge >= 0.3 is 0 Å². The third kappa shape index (κ3) is 3.23. The molecule has 1 aromatic carbocycles. The van der Waals surface area contributed by atoms with Crippen LogP contribution in [0, 0.1) is 6.92 Å². The van der Waals surface area contributed by atoms with Crippen LogP contribution < -0.4 is 5.73 Å². The fraction of sp³-hybridized carbons (Fsp3) is 0.300. The van der Waals surface area contributed by atoms with E-state index in [2.05, 4.69) is 4.40 Å². The molecule has 0 saturated carbocycles. The molecule has 0 spiro atoms. The Morgan fingerprint density at radius 1 is 1.31 bits per heavy atom. The second-order valence-electron chi connectivity index (χ2n) is 3.74. The summed E-state index contributed by atoms with van der Waals surface area (Å²) in [7, 11) is -0.256. The molecule has 0 aliphatic rings. The van der Waals surface area contributed by atoms with Crippen LogP contribution in [0.1, 0.15) is 5.56 Å². The average molecular weight is 241 g/mol. The first-order chi connectivity index (χ1) is 7.31. The van der Waals surface area contributed by atoms with Gasteiger partial charge in [-0.15, -0.1) is 4.40 Å². The molecule has 0 aliphatic carbocycles. The molecule has 2 N–H and O–H groups in total. The number of rotatable bonds is 3. The van der Waals surface area contributed by atoms with E-state index >= 15 is 0 Å². The zero-order valence-corrected chi connectivity index (χ0v) is 10.3. The van der Waals surface area contributed by atoms with Crippen LogP contribution in [0.5, 0.6) is 0 Å². The van der Waals surface area contributed by atoms with Crippen molar-refractivity contribution in [2.75, 3.05) is 19.8 Å². The molecule has 0 bridgehead atoms. The summed E-state index contributed by atoms with van der Waals surface area (Å²) in [6.07, 6.45) is 1.24. The van der Waals surface area contributed by atoms with Gasteiger partial charge in [0.15, 0.2) is 0 Å². The summed E-state index contributed by atoms with van der Waals surface area (Å²) < 4.78 is 27.0. The van der Waals surface area contributed by atoms with Gasteiger partial charge in [0.05, 0.1) is 4.90 Å². The van der Waals surface area contributed by atoms with Gasteiger partial charge in [-0.25, -0.2) is 0 Å². The smallest absolute Gasteiger partial charge is 0.283 e. The highest BCUT2D eigenvalue weighted by molar-refractivity contribution is 7.90. The van der Waals surface area contributed by atoms with E-state index in [4.69, 9.17) is 5.73 Å². The van der Waals surface area contributed by atoms with Crippen molar-refractivity contribution in [1.82, 2.24) is 4.90 Å². The fourth-order valence-electron chi connectivity index (χ4n) is 1.14. The Balaban J connectivity index is 3.17. The van der Waals surface area contributed by atoms with Crippen LogP contribution in [-0.2, 0) is 10.0 Å². The van der Waals surface area contributed by atoms with Gasteiger partial charge in [0, 0.05) is 19.8 Å². The van der Waals surface area contributed by atoms with E-state index < -0.39 is 10.0 Å². The van der Waals surface area contributed by atoms with Crippen molar-refractivity contribution >= 4 is 22.0 Å². The molecule has 6 heteroatoms. The first-order valence-corrected chi connectivity index (χ1v) is 6.09. The van der Waals surface area contributed by atoms with Crippen molar-refractivity contribution < 1.29 is 8.42 Å². The van der Waals surface area contributed by atoms with E-state index in [1.54, 1.807) is 38.1 Å². The van der Waals surface area contributed by atoms with E-state index in [1.165, 1.54) is 12.4 Å². The van der Waals surface area contributed by atoms with Gasteiger partial charge in [-0.1, -0.05) is 0 Å². The van der Waals surface area contributed by atoms with Crippen molar-refractivity contribution in [3.05, 3.63) is 23.8 Å². The minimum Gasteiger partial charge on any atom is -0.399 e. The summed E-state index contributed by atoms with van der Waals surface area (Å²) in [5.41, 5.74) is 6.79.